The number of fused-ring (bicyclic) bond motifs is 2. The molecule has 9 nitrogen and oxygen atoms in total. The van der Waals surface area contributed by atoms with Crippen LogP contribution in [-0.4, -0.2) is 49.3 Å². The summed E-state index contributed by atoms with van der Waals surface area (Å²) in [5, 5.41) is 11.1. The third kappa shape index (κ3) is 4.23. The summed E-state index contributed by atoms with van der Waals surface area (Å²) in [6, 6.07) is 8.08. The van der Waals surface area contributed by atoms with E-state index in [4.69, 9.17) is 4.74 Å². The van der Waals surface area contributed by atoms with Crippen LogP contribution in [0.5, 0.6) is 0 Å². The SMILES string of the molecule is CC(C)OC(=O)N1CCc2cc(F)c(C(=O)Nc3cccc(-c4nnc5n4CCC5)n3)cc2C1. The second-order valence-corrected chi connectivity index (χ2v) is 8.76. The van der Waals surface area contributed by atoms with Crippen LogP contribution in [0.25, 0.3) is 11.5 Å². The zero-order valence-corrected chi connectivity index (χ0v) is 19.0. The standard InChI is InChI=1S/C24H25FN6O3/c1-14(2)34-24(33)30-10-8-15-12-18(25)17(11-16(15)13-30)23(32)27-20-6-3-5-19(26-20)22-29-28-21-7-4-9-31(21)22/h3,5-6,11-12,14H,4,7-10,13H2,1-2H3,(H,26,27,32). The summed E-state index contributed by atoms with van der Waals surface area (Å²) in [6.07, 6.45) is 1.74. The fourth-order valence-corrected chi connectivity index (χ4v) is 4.34. The molecule has 3 aromatic rings. The Bertz CT molecular complexity index is 1270. The second kappa shape index (κ2) is 8.85. The van der Waals surface area contributed by atoms with E-state index in [0.29, 0.717) is 24.5 Å². The van der Waals surface area contributed by atoms with E-state index in [9.17, 15) is 14.0 Å². The first kappa shape index (κ1) is 22.0. The molecule has 2 aromatic heterocycles. The van der Waals surface area contributed by atoms with Gasteiger partial charge in [-0.05, 0) is 62.1 Å². The average molecular weight is 465 g/mol. The molecule has 10 heteroatoms. The lowest BCUT2D eigenvalue weighted by molar-refractivity contribution is 0.0730. The van der Waals surface area contributed by atoms with Gasteiger partial charge in [-0.1, -0.05) is 6.07 Å². The van der Waals surface area contributed by atoms with Crippen LogP contribution in [0.3, 0.4) is 0 Å². The van der Waals surface area contributed by atoms with Crippen molar-refractivity contribution in [2.75, 3.05) is 11.9 Å². The highest BCUT2D eigenvalue weighted by molar-refractivity contribution is 6.04. The van der Waals surface area contributed by atoms with Crippen molar-refractivity contribution in [3.05, 3.63) is 58.7 Å². The van der Waals surface area contributed by atoms with E-state index in [1.54, 1.807) is 36.9 Å². The van der Waals surface area contributed by atoms with Crippen LogP contribution in [0.15, 0.2) is 30.3 Å². The summed E-state index contributed by atoms with van der Waals surface area (Å²) in [5.41, 5.74) is 1.99. The van der Waals surface area contributed by atoms with Crippen molar-refractivity contribution in [2.24, 2.45) is 0 Å². The summed E-state index contributed by atoms with van der Waals surface area (Å²) >= 11 is 0. The van der Waals surface area contributed by atoms with Crippen molar-refractivity contribution in [2.45, 2.75) is 52.3 Å². The molecule has 0 unspecified atom stereocenters. The number of aromatic nitrogens is 4. The Hall–Kier alpha value is -3.82. The zero-order chi connectivity index (χ0) is 23.8. The minimum absolute atomic E-state index is 0.103. The topological polar surface area (TPSA) is 102 Å². The van der Waals surface area contributed by atoms with Crippen LogP contribution >= 0.6 is 0 Å². The molecule has 176 valence electrons. The Morgan fingerprint density at radius 1 is 1.12 bits per heavy atom. The van der Waals surface area contributed by atoms with Crippen LogP contribution in [0.2, 0.25) is 0 Å². The normalized spacial score (nSPS) is 14.6. The van der Waals surface area contributed by atoms with Gasteiger partial charge in [0.05, 0.1) is 11.7 Å². The number of ether oxygens (including phenoxy) is 1. The second-order valence-electron chi connectivity index (χ2n) is 8.76. The Labute approximate surface area is 196 Å². The maximum absolute atomic E-state index is 14.8. The molecule has 34 heavy (non-hydrogen) atoms. The predicted molar refractivity (Wildman–Crippen MR) is 122 cm³/mol. The van der Waals surface area contributed by atoms with Gasteiger partial charge in [0, 0.05) is 26.1 Å². The van der Waals surface area contributed by atoms with Gasteiger partial charge >= 0.3 is 6.09 Å². The molecule has 0 fully saturated rings. The molecule has 0 spiro atoms. The van der Waals surface area contributed by atoms with Crippen molar-refractivity contribution in [3.8, 4) is 11.5 Å². The lowest BCUT2D eigenvalue weighted by Crippen LogP contribution is -2.37. The van der Waals surface area contributed by atoms with Gasteiger partial charge in [0.25, 0.3) is 5.91 Å². The molecule has 2 amide bonds. The number of pyridine rings is 1. The van der Waals surface area contributed by atoms with Gasteiger partial charge in [-0.25, -0.2) is 14.2 Å². The molecule has 4 heterocycles. The number of anilines is 1. The molecule has 0 bridgehead atoms. The molecule has 0 aliphatic carbocycles. The maximum Gasteiger partial charge on any atom is 0.410 e. The molecule has 1 aromatic carbocycles. The quantitative estimate of drug-likeness (QED) is 0.633. The number of halogens is 1. The molecule has 0 saturated carbocycles. The number of carbonyl (C=O) groups is 2. The lowest BCUT2D eigenvalue weighted by Gasteiger charge is -2.29. The van der Waals surface area contributed by atoms with Gasteiger partial charge in [0.15, 0.2) is 5.82 Å². The number of aryl methyl sites for hydroxylation is 1. The summed E-state index contributed by atoms with van der Waals surface area (Å²) in [5.74, 6) is 0.641. The Morgan fingerprint density at radius 2 is 1.97 bits per heavy atom. The van der Waals surface area contributed by atoms with Crippen molar-refractivity contribution in [1.29, 1.82) is 0 Å². The number of benzene rings is 1. The Kier molecular flexibility index (Phi) is 5.72. The molecule has 0 radical (unpaired) electrons. The summed E-state index contributed by atoms with van der Waals surface area (Å²) in [4.78, 5) is 31.3. The molecule has 2 aliphatic rings. The minimum atomic E-state index is -0.613. The number of nitrogens with zero attached hydrogens (tertiary/aromatic N) is 5. The van der Waals surface area contributed by atoms with Crippen LogP contribution in [0, 0.1) is 5.82 Å². The molecular formula is C24H25FN6O3. The van der Waals surface area contributed by atoms with Gasteiger partial charge in [-0.15, -0.1) is 10.2 Å². The number of hydrogen-bond donors (Lipinski definition) is 1. The number of rotatable bonds is 4. The van der Waals surface area contributed by atoms with Crippen molar-refractivity contribution >= 4 is 17.8 Å². The van der Waals surface area contributed by atoms with E-state index in [-0.39, 0.29) is 24.0 Å². The van der Waals surface area contributed by atoms with E-state index in [1.165, 1.54) is 12.1 Å². The van der Waals surface area contributed by atoms with E-state index in [0.717, 1.165) is 36.3 Å². The third-order valence-corrected chi connectivity index (χ3v) is 5.97. The summed E-state index contributed by atoms with van der Waals surface area (Å²) in [6.45, 7) is 5.10. The number of hydrogen-bond acceptors (Lipinski definition) is 6. The van der Waals surface area contributed by atoms with Gasteiger partial charge in [0.2, 0.25) is 0 Å². The molecule has 0 atom stereocenters. The Morgan fingerprint density at radius 3 is 2.79 bits per heavy atom. The van der Waals surface area contributed by atoms with E-state index < -0.39 is 17.8 Å². The van der Waals surface area contributed by atoms with Crippen molar-refractivity contribution in [1.82, 2.24) is 24.6 Å². The van der Waals surface area contributed by atoms with Crippen molar-refractivity contribution < 1.29 is 18.7 Å². The van der Waals surface area contributed by atoms with Gasteiger partial charge in [0.1, 0.15) is 23.2 Å². The fraction of sp³-hybridized carbons (Fsp3) is 0.375. The van der Waals surface area contributed by atoms with Crippen LogP contribution in [0.4, 0.5) is 15.0 Å². The first-order valence-corrected chi connectivity index (χ1v) is 11.4. The average Bonchev–Trinajstić information content (AvgIpc) is 3.42. The number of carbonyl (C=O) groups excluding carboxylic acids is 2. The smallest absolute Gasteiger partial charge is 0.410 e. The monoisotopic (exact) mass is 464 g/mol. The number of amides is 2. The van der Waals surface area contributed by atoms with E-state index in [1.807, 2.05) is 4.57 Å². The minimum Gasteiger partial charge on any atom is -0.447 e. The van der Waals surface area contributed by atoms with Gasteiger partial charge < -0.3 is 19.5 Å². The first-order valence-electron chi connectivity index (χ1n) is 11.4. The molecule has 2 aliphatic heterocycles. The highest BCUT2D eigenvalue weighted by atomic mass is 19.1. The Balaban J connectivity index is 1.35. The van der Waals surface area contributed by atoms with Crippen molar-refractivity contribution in [3.63, 3.8) is 0 Å². The van der Waals surface area contributed by atoms with E-state index >= 15 is 0 Å². The van der Waals surface area contributed by atoms with Gasteiger partial charge in [-0.3, -0.25) is 4.79 Å². The van der Waals surface area contributed by atoms with Gasteiger partial charge in [-0.2, -0.15) is 0 Å². The molecule has 0 saturated heterocycles. The third-order valence-electron chi connectivity index (χ3n) is 5.97. The van der Waals surface area contributed by atoms with E-state index in [2.05, 4.69) is 20.5 Å². The van der Waals surface area contributed by atoms with Crippen LogP contribution in [-0.2, 0) is 30.7 Å². The van der Waals surface area contributed by atoms with Crippen LogP contribution < -0.4 is 5.32 Å². The fourth-order valence-electron chi connectivity index (χ4n) is 4.34. The molecule has 5 rings (SSSR count). The summed E-state index contributed by atoms with van der Waals surface area (Å²) < 4.78 is 22.1. The first-order chi connectivity index (χ1) is 16.4. The lowest BCUT2D eigenvalue weighted by atomic mass is 9.97. The highest BCUT2D eigenvalue weighted by Gasteiger charge is 2.26. The summed E-state index contributed by atoms with van der Waals surface area (Å²) in [7, 11) is 0. The highest BCUT2D eigenvalue weighted by Crippen LogP contribution is 2.25. The van der Waals surface area contributed by atoms with Crippen LogP contribution in [0.1, 0.15) is 47.6 Å². The molecule has 1 N–H and O–H groups in total. The maximum atomic E-state index is 14.8. The predicted octanol–water partition coefficient (Wildman–Crippen LogP) is 3.58. The number of nitrogens with one attached hydrogen (secondary N) is 1. The zero-order valence-electron chi connectivity index (χ0n) is 19.0. The largest absolute Gasteiger partial charge is 0.447 e. The molecular weight excluding hydrogens is 439 g/mol.